The monoisotopic (exact) mass is 540 g/mol. The summed E-state index contributed by atoms with van der Waals surface area (Å²) in [5.74, 6) is 0.387. The van der Waals surface area contributed by atoms with E-state index in [0.717, 1.165) is 35.3 Å². The van der Waals surface area contributed by atoms with Gasteiger partial charge in [-0.2, -0.15) is 8.42 Å². The molecule has 0 amide bonds. The van der Waals surface area contributed by atoms with Crippen molar-refractivity contribution in [2.45, 2.75) is 70.4 Å². The van der Waals surface area contributed by atoms with Gasteiger partial charge >= 0.3 is 0 Å². The van der Waals surface area contributed by atoms with Crippen molar-refractivity contribution >= 4 is 33.0 Å². The molecule has 1 aliphatic rings. The van der Waals surface area contributed by atoms with Gasteiger partial charge in [0.15, 0.2) is 5.01 Å². The number of ketones is 1. The molecule has 4 N–H and O–H groups in total. The van der Waals surface area contributed by atoms with Crippen LogP contribution in [0.25, 0.3) is 0 Å². The van der Waals surface area contributed by atoms with Gasteiger partial charge in [-0.1, -0.05) is 18.2 Å². The van der Waals surface area contributed by atoms with Crippen molar-refractivity contribution in [2.75, 3.05) is 0 Å². The summed E-state index contributed by atoms with van der Waals surface area (Å²) in [6.07, 6.45) is 3.32. The molecular weight excluding hydrogens is 508 g/mol. The Labute approximate surface area is 221 Å². The maximum absolute atomic E-state index is 13.5. The Morgan fingerprint density at radius 1 is 1.22 bits per heavy atom. The highest BCUT2D eigenvalue weighted by atomic mass is 32.2. The zero-order chi connectivity index (χ0) is 27.1. The first-order valence-corrected chi connectivity index (χ1v) is 14.3. The Morgan fingerprint density at radius 2 is 1.95 bits per heavy atom. The Hall–Kier alpha value is -3.08. The van der Waals surface area contributed by atoms with E-state index in [2.05, 4.69) is 9.38 Å². The number of fused-ring (bicyclic) bond motifs is 1. The maximum atomic E-state index is 13.5. The molecule has 10 heteroatoms. The van der Waals surface area contributed by atoms with E-state index in [4.69, 9.17) is 16.2 Å². The summed E-state index contributed by atoms with van der Waals surface area (Å²) in [5.41, 5.74) is 16.1. The van der Waals surface area contributed by atoms with E-state index in [9.17, 15) is 13.2 Å². The fraction of sp³-hybridized carbons (Fsp3) is 0.370. The quantitative estimate of drug-likeness (QED) is 0.262. The molecule has 1 atom stereocenters. The first kappa shape index (κ1) is 27.0. The largest absolute Gasteiger partial charge is 0.487 e. The number of sulfonamides is 1. The lowest BCUT2D eigenvalue weighted by Crippen LogP contribution is -2.34. The number of hydrogen-bond donors (Lipinski definition) is 2. The minimum Gasteiger partial charge on any atom is -0.487 e. The minimum atomic E-state index is -4.11. The zero-order valence-electron chi connectivity index (χ0n) is 21.7. The van der Waals surface area contributed by atoms with Crippen LogP contribution in [0.15, 0.2) is 45.1 Å². The van der Waals surface area contributed by atoms with Crippen molar-refractivity contribution < 1.29 is 17.9 Å². The molecule has 0 bridgehead atoms. The standard InChI is InChI=1S/C27H32N4O4S2/c1-15-16(2)24(17(3)20-9-10-27(4,5)35-23(15)20)37(33,34)31-25(29)19-8-6-7-18(13-19)14-21(28)22(32)26-30-11-12-36-26/h6-8,11-13,21H,9-10,14,28H2,1-5H3,(H2,29,31)/t21-/m1/s1. The molecule has 2 aromatic carbocycles. The van der Waals surface area contributed by atoms with E-state index in [1.807, 2.05) is 26.8 Å². The molecule has 2 heterocycles. The van der Waals surface area contributed by atoms with Gasteiger partial charge in [0.1, 0.15) is 17.2 Å². The number of hydrogen-bond acceptors (Lipinski definition) is 7. The highest BCUT2D eigenvalue weighted by Gasteiger charge is 2.33. The van der Waals surface area contributed by atoms with Crippen molar-refractivity contribution in [1.82, 2.24) is 4.98 Å². The van der Waals surface area contributed by atoms with Crippen molar-refractivity contribution in [3.05, 3.63) is 74.2 Å². The first-order valence-electron chi connectivity index (χ1n) is 12.0. The molecule has 0 aliphatic carbocycles. The molecule has 3 aromatic rings. The number of rotatable bonds is 7. The maximum Gasteiger partial charge on any atom is 0.284 e. The lowest BCUT2D eigenvalue weighted by molar-refractivity contribution is 0.0831. The van der Waals surface area contributed by atoms with E-state index in [0.29, 0.717) is 21.7 Å². The lowest BCUT2D eigenvalue weighted by Gasteiger charge is -2.35. The van der Waals surface area contributed by atoms with Gasteiger partial charge < -0.3 is 16.2 Å². The Balaban J connectivity index is 1.65. The van der Waals surface area contributed by atoms with Gasteiger partial charge in [0, 0.05) is 17.1 Å². The number of aromatic nitrogens is 1. The Kier molecular flexibility index (Phi) is 7.29. The molecule has 0 saturated heterocycles. The second-order valence-corrected chi connectivity index (χ2v) is 12.5. The van der Waals surface area contributed by atoms with E-state index >= 15 is 0 Å². The Bertz CT molecular complexity index is 1490. The van der Waals surface area contributed by atoms with Gasteiger partial charge in [0.2, 0.25) is 5.78 Å². The number of benzene rings is 2. The van der Waals surface area contributed by atoms with Crippen LogP contribution in [-0.2, 0) is 22.9 Å². The number of ether oxygens (including phenoxy) is 1. The summed E-state index contributed by atoms with van der Waals surface area (Å²) < 4.78 is 37.3. The van der Waals surface area contributed by atoms with E-state index in [-0.39, 0.29) is 28.5 Å². The molecule has 0 spiro atoms. The Morgan fingerprint density at radius 3 is 2.62 bits per heavy atom. The summed E-state index contributed by atoms with van der Waals surface area (Å²) in [4.78, 5) is 16.7. The second-order valence-electron chi connectivity index (χ2n) is 10.0. The third-order valence-electron chi connectivity index (χ3n) is 6.80. The van der Waals surface area contributed by atoms with Crippen molar-refractivity contribution in [1.29, 1.82) is 0 Å². The van der Waals surface area contributed by atoms with Crippen LogP contribution in [0.2, 0.25) is 0 Å². The van der Waals surface area contributed by atoms with Gasteiger partial charge in [-0.25, -0.2) is 4.98 Å². The van der Waals surface area contributed by atoms with Crippen LogP contribution >= 0.6 is 11.3 Å². The van der Waals surface area contributed by atoms with Crippen LogP contribution in [-0.4, -0.2) is 36.7 Å². The van der Waals surface area contributed by atoms with Crippen LogP contribution in [0.4, 0.5) is 0 Å². The third kappa shape index (κ3) is 5.46. The fourth-order valence-corrected chi connectivity index (χ4v) is 6.82. The molecule has 0 fully saturated rings. The molecule has 37 heavy (non-hydrogen) atoms. The minimum absolute atomic E-state index is 0.131. The van der Waals surface area contributed by atoms with E-state index in [1.165, 1.54) is 11.3 Å². The van der Waals surface area contributed by atoms with Crippen LogP contribution in [0.5, 0.6) is 5.75 Å². The van der Waals surface area contributed by atoms with Gasteiger partial charge in [-0.05, 0) is 87.8 Å². The second kappa shape index (κ2) is 10.00. The summed E-state index contributed by atoms with van der Waals surface area (Å²) in [7, 11) is -4.11. The number of nitrogens with two attached hydrogens (primary N) is 2. The molecule has 0 radical (unpaired) electrons. The van der Waals surface area contributed by atoms with Gasteiger partial charge in [-0.15, -0.1) is 15.7 Å². The van der Waals surface area contributed by atoms with E-state index < -0.39 is 16.1 Å². The van der Waals surface area contributed by atoms with Crippen molar-refractivity contribution in [3.8, 4) is 5.75 Å². The van der Waals surface area contributed by atoms with E-state index in [1.54, 1.807) is 43.6 Å². The van der Waals surface area contributed by atoms with Crippen molar-refractivity contribution in [3.63, 3.8) is 0 Å². The molecule has 0 unspecified atom stereocenters. The summed E-state index contributed by atoms with van der Waals surface area (Å²) in [6.45, 7) is 9.51. The summed E-state index contributed by atoms with van der Waals surface area (Å²) >= 11 is 1.24. The summed E-state index contributed by atoms with van der Waals surface area (Å²) in [6, 6.07) is 6.15. The SMILES string of the molecule is Cc1c(C)c(S(=O)(=O)/N=C(\N)c2cccc(C[C@@H](N)C(=O)c3nccs3)c2)c(C)c2c1OC(C)(C)CC2. The van der Waals surface area contributed by atoms with Crippen LogP contribution < -0.4 is 16.2 Å². The predicted molar refractivity (Wildman–Crippen MR) is 146 cm³/mol. The molecule has 4 rings (SSSR count). The molecule has 0 saturated carbocycles. The molecular formula is C27H32N4O4S2. The lowest BCUT2D eigenvalue weighted by atomic mass is 9.88. The molecule has 196 valence electrons. The fourth-order valence-electron chi connectivity index (χ4n) is 4.67. The number of carbonyl (C=O) groups is 1. The van der Waals surface area contributed by atoms with Crippen LogP contribution in [0.1, 0.15) is 63.5 Å². The normalized spacial score (nSPS) is 16.1. The van der Waals surface area contributed by atoms with Crippen LogP contribution in [0.3, 0.4) is 0 Å². The van der Waals surface area contributed by atoms with Gasteiger partial charge in [-0.3, -0.25) is 4.79 Å². The van der Waals surface area contributed by atoms with Gasteiger partial charge in [0.05, 0.1) is 10.9 Å². The zero-order valence-corrected chi connectivity index (χ0v) is 23.3. The number of Topliss-reactive ketones (excluding diaryl/α,β-unsaturated/α-hetero) is 1. The number of carbonyl (C=O) groups excluding carboxylic acids is 1. The topological polar surface area (TPSA) is 138 Å². The van der Waals surface area contributed by atoms with Crippen LogP contribution in [0, 0.1) is 20.8 Å². The predicted octanol–water partition coefficient (Wildman–Crippen LogP) is 4.02. The highest BCUT2D eigenvalue weighted by molar-refractivity contribution is 7.90. The smallest absolute Gasteiger partial charge is 0.284 e. The third-order valence-corrected chi connectivity index (χ3v) is 9.15. The summed E-state index contributed by atoms with van der Waals surface area (Å²) in [5, 5.41) is 2.08. The number of amidine groups is 1. The van der Waals surface area contributed by atoms with Crippen molar-refractivity contribution in [2.24, 2.45) is 15.9 Å². The average molecular weight is 541 g/mol. The molecule has 1 aliphatic heterocycles. The highest BCUT2D eigenvalue weighted by Crippen LogP contribution is 2.42. The number of nitrogens with zero attached hydrogens (tertiary/aromatic N) is 2. The molecule has 8 nitrogen and oxygen atoms in total. The average Bonchev–Trinajstić information content (AvgIpc) is 3.36. The first-order chi connectivity index (χ1) is 17.3. The molecule has 1 aromatic heterocycles. The van der Waals surface area contributed by atoms with Gasteiger partial charge in [0.25, 0.3) is 10.0 Å². The number of thiazole rings is 1.